The Kier molecular flexibility index (Phi) is 8.50. The third-order valence-corrected chi connectivity index (χ3v) is 9.57. The van der Waals surface area contributed by atoms with Crippen molar-refractivity contribution in [1.29, 1.82) is 0 Å². The summed E-state index contributed by atoms with van der Waals surface area (Å²) in [5.74, 6) is -0.908. The zero-order chi connectivity index (χ0) is 29.0. The number of aliphatic carboxylic acids is 1. The summed E-state index contributed by atoms with van der Waals surface area (Å²) in [4.78, 5) is 38.3. The van der Waals surface area contributed by atoms with Crippen LogP contribution in [0.15, 0.2) is 72.0 Å². The molecule has 2 N–H and O–H groups in total. The number of piperazine rings is 1. The van der Waals surface area contributed by atoms with Crippen molar-refractivity contribution < 1.29 is 23.1 Å². The molecule has 2 aliphatic heterocycles. The molecule has 3 heterocycles. The van der Waals surface area contributed by atoms with Gasteiger partial charge in [0.05, 0.1) is 11.1 Å². The van der Waals surface area contributed by atoms with Gasteiger partial charge in [0.1, 0.15) is 17.9 Å². The fraction of sp³-hybridized carbons (Fsp3) is 0.379. The average Bonchev–Trinajstić information content (AvgIpc) is 3.49. The lowest BCUT2D eigenvalue weighted by molar-refractivity contribution is -0.142. The minimum absolute atomic E-state index is 0.0826. The molecule has 0 saturated carbocycles. The van der Waals surface area contributed by atoms with Gasteiger partial charge in [-0.3, -0.25) is 9.78 Å². The molecule has 1 amide bonds. The second-order valence-corrected chi connectivity index (χ2v) is 12.3. The Morgan fingerprint density at radius 2 is 1.66 bits per heavy atom. The number of anilines is 2. The van der Waals surface area contributed by atoms with Gasteiger partial charge in [0, 0.05) is 57.2 Å². The van der Waals surface area contributed by atoms with Gasteiger partial charge in [-0.05, 0) is 49.6 Å². The Bertz CT molecular complexity index is 1460. The maximum atomic E-state index is 13.2. The largest absolute Gasteiger partial charge is 0.480 e. The van der Waals surface area contributed by atoms with E-state index in [2.05, 4.69) is 25.1 Å². The highest BCUT2D eigenvalue weighted by molar-refractivity contribution is 7.89. The van der Waals surface area contributed by atoms with E-state index in [0.717, 1.165) is 48.8 Å². The van der Waals surface area contributed by atoms with Crippen molar-refractivity contribution in [3.05, 3.63) is 78.2 Å². The molecule has 0 unspecified atom stereocenters. The number of aromatic nitrogens is 2. The van der Waals surface area contributed by atoms with Gasteiger partial charge in [0.15, 0.2) is 0 Å². The normalized spacial score (nSPS) is 18.7. The summed E-state index contributed by atoms with van der Waals surface area (Å²) in [6.45, 7) is 5.32. The summed E-state index contributed by atoms with van der Waals surface area (Å²) in [6, 6.07) is 12.0. The van der Waals surface area contributed by atoms with Crippen LogP contribution in [0.5, 0.6) is 0 Å². The molecule has 0 spiro atoms. The molecule has 0 aliphatic carbocycles. The standard InChI is InChI=1S/C29H34N6O5S/c1-21-4-10-24(11-5-21)41(39,40)35-14-2-3-26(35)28(36)32-25(29(37)38)19-22-6-8-23(9-7-22)33-15-17-34(18-16-33)27-20-30-12-13-31-27/h4-13,20,25-26H,2-3,14-19H2,1H3,(H,32,36)(H,37,38)/t25-,26-/m0/s1. The number of nitrogens with zero attached hydrogens (tertiary/aromatic N) is 5. The quantitative estimate of drug-likeness (QED) is 0.391. The van der Waals surface area contributed by atoms with Gasteiger partial charge in [-0.25, -0.2) is 18.2 Å². The van der Waals surface area contributed by atoms with Crippen LogP contribution in [-0.4, -0.2) is 84.5 Å². The van der Waals surface area contributed by atoms with Crippen LogP contribution in [0.25, 0.3) is 0 Å². The zero-order valence-corrected chi connectivity index (χ0v) is 23.7. The molecule has 3 aromatic rings. The first-order chi connectivity index (χ1) is 19.7. The molecule has 1 aromatic heterocycles. The molecular weight excluding hydrogens is 544 g/mol. The van der Waals surface area contributed by atoms with Crippen molar-refractivity contribution >= 4 is 33.4 Å². The SMILES string of the molecule is Cc1ccc(S(=O)(=O)N2CCC[C@H]2C(=O)N[C@@H](Cc2ccc(N3CCN(c4cnccn4)CC3)cc2)C(=O)O)cc1. The molecule has 0 bridgehead atoms. The van der Waals surface area contributed by atoms with Crippen molar-refractivity contribution in [2.75, 3.05) is 42.5 Å². The molecule has 2 aromatic carbocycles. The highest BCUT2D eigenvalue weighted by Crippen LogP contribution is 2.27. The first-order valence-electron chi connectivity index (χ1n) is 13.7. The Morgan fingerprint density at radius 3 is 2.29 bits per heavy atom. The minimum Gasteiger partial charge on any atom is -0.480 e. The Morgan fingerprint density at radius 1 is 0.976 bits per heavy atom. The Labute approximate surface area is 239 Å². The van der Waals surface area contributed by atoms with E-state index in [1.54, 1.807) is 30.7 Å². The Hall–Kier alpha value is -4.03. The maximum absolute atomic E-state index is 13.2. The molecule has 0 radical (unpaired) electrons. The first-order valence-corrected chi connectivity index (χ1v) is 15.1. The molecule has 41 heavy (non-hydrogen) atoms. The Balaban J connectivity index is 1.20. The number of sulfonamides is 1. The van der Waals surface area contributed by atoms with E-state index in [0.29, 0.717) is 12.8 Å². The summed E-state index contributed by atoms with van der Waals surface area (Å²) >= 11 is 0. The number of benzene rings is 2. The lowest BCUT2D eigenvalue weighted by Gasteiger charge is -2.36. The second kappa shape index (κ2) is 12.2. The maximum Gasteiger partial charge on any atom is 0.326 e. The van der Waals surface area contributed by atoms with Crippen molar-refractivity contribution in [1.82, 2.24) is 19.6 Å². The molecule has 216 valence electrons. The van der Waals surface area contributed by atoms with E-state index in [-0.39, 0.29) is 17.9 Å². The number of carboxylic acids is 1. The van der Waals surface area contributed by atoms with Gasteiger partial charge in [-0.15, -0.1) is 0 Å². The van der Waals surface area contributed by atoms with E-state index in [1.807, 2.05) is 31.2 Å². The summed E-state index contributed by atoms with van der Waals surface area (Å²) < 4.78 is 27.7. The summed E-state index contributed by atoms with van der Waals surface area (Å²) in [6.07, 6.45) is 6.04. The highest BCUT2D eigenvalue weighted by atomic mass is 32.2. The predicted molar refractivity (Wildman–Crippen MR) is 154 cm³/mol. The first kappa shape index (κ1) is 28.5. The van der Waals surface area contributed by atoms with Crippen LogP contribution in [0.3, 0.4) is 0 Å². The third-order valence-electron chi connectivity index (χ3n) is 7.64. The topological polar surface area (TPSA) is 136 Å². The molecule has 2 aliphatic rings. The van der Waals surface area contributed by atoms with Gasteiger partial charge >= 0.3 is 5.97 Å². The van der Waals surface area contributed by atoms with Crippen molar-refractivity contribution in [3.8, 4) is 0 Å². The number of amides is 1. The molecule has 2 saturated heterocycles. The number of carbonyl (C=O) groups excluding carboxylic acids is 1. The predicted octanol–water partition coefficient (Wildman–Crippen LogP) is 2.08. The van der Waals surface area contributed by atoms with E-state index in [9.17, 15) is 23.1 Å². The van der Waals surface area contributed by atoms with E-state index >= 15 is 0 Å². The third kappa shape index (κ3) is 6.49. The van der Waals surface area contributed by atoms with Gasteiger partial charge in [-0.2, -0.15) is 4.31 Å². The van der Waals surface area contributed by atoms with Gasteiger partial charge in [0.25, 0.3) is 0 Å². The number of hydrogen-bond donors (Lipinski definition) is 2. The number of carbonyl (C=O) groups is 2. The molecule has 11 nitrogen and oxygen atoms in total. The van der Waals surface area contributed by atoms with E-state index < -0.39 is 34.0 Å². The number of rotatable bonds is 9. The smallest absolute Gasteiger partial charge is 0.326 e. The van der Waals surface area contributed by atoms with Gasteiger partial charge in [0.2, 0.25) is 15.9 Å². The number of nitrogens with one attached hydrogen (secondary N) is 1. The van der Waals surface area contributed by atoms with Crippen LogP contribution in [0.1, 0.15) is 24.0 Å². The van der Waals surface area contributed by atoms with Crippen LogP contribution in [0.2, 0.25) is 0 Å². The molecular formula is C29H34N6O5S. The molecule has 2 atom stereocenters. The molecule has 5 rings (SSSR count). The van der Waals surface area contributed by atoms with Gasteiger partial charge in [-0.1, -0.05) is 29.8 Å². The van der Waals surface area contributed by atoms with Crippen LogP contribution in [0.4, 0.5) is 11.5 Å². The van der Waals surface area contributed by atoms with Crippen LogP contribution >= 0.6 is 0 Å². The highest BCUT2D eigenvalue weighted by Gasteiger charge is 2.40. The lowest BCUT2D eigenvalue weighted by Crippen LogP contribution is -2.51. The summed E-state index contributed by atoms with van der Waals surface area (Å²) in [5.41, 5.74) is 2.72. The van der Waals surface area contributed by atoms with Crippen molar-refractivity contribution in [3.63, 3.8) is 0 Å². The monoisotopic (exact) mass is 578 g/mol. The van der Waals surface area contributed by atoms with E-state index in [4.69, 9.17) is 0 Å². The minimum atomic E-state index is -3.89. The van der Waals surface area contributed by atoms with Crippen LogP contribution < -0.4 is 15.1 Å². The number of carboxylic acid groups (broad SMARTS) is 1. The summed E-state index contributed by atoms with van der Waals surface area (Å²) in [5, 5.41) is 12.5. The fourth-order valence-electron chi connectivity index (χ4n) is 5.33. The second-order valence-electron chi connectivity index (χ2n) is 10.4. The van der Waals surface area contributed by atoms with E-state index in [1.165, 1.54) is 16.4 Å². The zero-order valence-electron chi connectivity index (χ0n) is 22.9. The number of aryl methyl sites for hydroxylation is 1. The van der Waals surface area contributed by atoms with Crippen LogP contribution in [0, 0.1) is 6.92 Å². The van der Waals surface area contributed by atoms with Gasteiger partial charge < -0.3 is 20.2 Å². The molecule has 12 heteroatoms. The lowest BCUT2D eigenvalue weighted by atomic mass is 10.0. The van der Waals surface area contributed by atoms with Crippen molar-refractivity contribution in [2.45, 2.75) is 43.2 Å². The average molecular weight is 579 g/mol. The van der Waals surface area contributed by atoms with Crippen LogP contribution in [-0.2, 0) is 26.0 Å². The summed E-state index contributed by atoms with van der Waals surface area (Å²) in [7, 11) is -3.89. The van der Waals surface area contributed by atoms with Crippen molar-refractivity contribution in [2.24, 2.45) is 0 Å². The fourth-order valence-corrected chi connectivity index (χ4v) is 6.99. The number of hydrogen-bond acceptors (Lipinski definition) is 8. The molecule has 2 fully saturated rings.